The maximum absolute atomic E-state index is 13.1. The van der Waals surface area contributed by atoms with E-state index in [0.29, 0.717) is 5.56 Å². The third-order valence-electron chi connectivity index (χ3n) is 2.26. The van der Waals surface area contributed by atoms with Gasteiger partial charge in [0.1, 0.15) is 5.82 Å². The van der Waals surface area contributed by atoms with Crippen LogP contribution in [0, 0.1) is 11.7 Å². The van der Waals surface area contributed by atoms with Gasteiger partial charge < -0.3 is 5.11 Å². The van der Waals surface area contributed by atoms with Crippen LogP contribution in [0.25, 0.3) is 0 Å². The molecule has 0 aromatic heterocycles. The van der Waals surface area contributed by atoms with E-state index in [1.54, 1.807) is 0 Å². The molecule has 0 aliphatic carbocycles. The number of carbonyl (C=O) groups is 1. The highest BCUT2D eigenvalue weighted by molar-refractivity contribution is 5.69. The van der Waals surface area contributed by atoms with Gasteiger partial charge in [0.15, 0.2) is 0 Å². The number of benzene rings is 1. The summed E-state index contributed by atoms with van der Waals surface area (Å²) in [6.45, 7) is 1.47. The van der Waals surface area contributed by atoms with E-state index < -0.39 is 29.7 Å². The minimum Gasteiger partial charge on any atom is -0.481 e. The normalized spacial score (nSPS) is 12.8. The smallest absolute Gasteiger partial charge is 0.306 e. The largest absolute Gasteiger partial charge is 0.481 e. The maximum Gasteiger partial charge on any atom is 0.306 e. The van der Waals surface area contributed by atoms with Crippen molar-refractivity contribution >= 4 is 5.97 Å². The van der Waals surface area contributed by atoms with E-state index in [9.17, 15) is 18.0 Å². The van der Waals surface area contributed by atoms with Crippen LogP contribution in [0.15, 0.2) is 18.2 Å². The van der Waals surface area contributed by atoms with E-state index in [1.165, 1.54) is 13.0 Å². The van der Waals surface area contributed by atoms with Crippen molar-refractivity contribution in [2.24, 2.45) is 5.92 Å². The third kappa shape index (κ3) is 2.98. The molecular weight excluding hydrogens is 221 g/mol. The van der Waals surface area contributed by atoms with Crippen LogP contribution in [0.4, 0.5) is 13.2 Å². The molecule has 0 aliphatic heterocycles. The Balaban J connectivity index is 2.85. The molecule has 0 saturated carbocycles. The number of aliphatic carboxylic acids is 1. The lowest BCUT2D eigenvalue weighted by atomic mass is 10.00. The van der Waals surface area contributed by atoms with Crippen LogP contribution in [-0.2, 0) is 11.2 Å². The lowest BCUT2D eigenvalue weighted by Crippen LogP contribution is -2.12. The highest BCUT2D eigenvalue weighted by Crippen LogP contribution is 2.23. The van der Waals surface area contributed by atoms with Crippen LogP contribution in [0.1, 0.15) is 24.5 Å². The SMILES string of the molecule is CC(Cc1ccc(C(F)F)c(F)c1)C(=O)O. The van der Waals surface area contributed by atoms with Gasteiger partial charge in [-0.2, -0.15) is 0 Å². The van der Waals surface area contributed by atoms with E-state index in [1.807, 2.05) is 0 Å². The van der Waals surface area contributed by atoms with Gasteiger partial charge in [-0.3, -0.25) is 4.79 Å². The van der Waals surface area contributed by atoms with Gasteiger partial charge in [0.25, 0.3) is 6.43 Å². The zero-order valence-electron chi connectivity index (χ0n) is 8.58. The number of halogens is 3. The van der Waals surface area contributed by atoms with E-state index in [-0.39, 0.29) is 6.42 Å². The van der Waals surface area contributed by atoms with Crippen LogP contribution in [0.3, 0.4) is 0 Å². The van der Waals surface area contributed by atoms with Gasteiger partial charge in [0.2, 0.25) is 0 Å². The number of carboxylic acids is 1. The Morgan fingerprint density at radius 2 is 2.06 bits per heavy atom. The molecule has 1 atom stereocenters. The Labute approximate surface area is 90.7 Å². The summed E-state index contributed by atoms with van der Waals surface area (Å²) in [5.41, 5.74) is -0.261. The predicted octanol–water partition coefficient (Wildman–Crippen LogP) is 3.03. The van der Waals surface area contributed by atoms with E-state index in [4.69, 9.17) is 5.11 Å². The van der Waals surface area contributed by atoms with Crippen molar-refractivity contribution in [1.82, 2.24) is 0 Å². The fourth-order valence-corrected chi connectivity index (χ4v) is 1.32. The molecule has 5 heteroatoms. The lowest BCUT2D eigenvalue weighted by Gasteiger charge is -2.08. The molecule has 0 heterocycles. The molecule has 1 N–H and O–H groups in total. The van der Waals surface area contributed by atoms with Crippen molar-refractivity contribution < 1.29 is 23.1 Å². The fraction of sp³-hybridized carbons (Fsp3) is 0.364. The summed E-state index contributed by atoms with van der Waals surface area (Å²) in [7, 11) is 0. The molecule has 1 unspecified atom stereocenters. The van der Waals surface area contributed by atoms with Gasteiger partial charge in [0, 0.05) is 0 Å². The molecule has 88 valence electrons. The number of alkyl halides is 2. The van der Waals surface area contributed by atoms with Gasteiger partial charge in [0.05, 0.1) is 11.5 Å². The zero-order chi connectivity index (χ0) is 12.3. The fourth-order valence-electron chi connectivity index (χ4n) is 1.32. The monoisotopic (exact) mass is 232 g/mol. The summed E-state index contributed by atoms with van der Waals surface area (Å²) >= 11 is 0. The number of carboxylic acid groups (broad SMARTS) is 1. The van der Waals surface area contributed by atoms with Gasteiger partial charge in [-0.1, -0.05) is 19.1 Å². The van der Waals surface area contributed by atoms with Crippen molar-refractivity contribution in [3.63, 3.8) is 0 Å². The zero-order valence-corrected chi connectivity index (χ0v) is 8.58. The summed E-state index contributed by atoms with van der Waals surface area (Å²) in [6, 6.07) is 3.27. The predicted molar refractivity (Wildman–Crippen MR) is 51.9 cm³/mol. The molecule has 16 heavy (non-hydrogen) atoms. The molecule has 1 aromatic carbocycles. The highest BCUT2D eigenvalue weighted by Gasteiger charge is 2.16. The second-order valence-corrected chi connectivity index (χ2v) is 3.60. The van der Waals surface area contributed by atoms with E-state index in [2.05, 4.69) is 0 Å². The third-order valence-corrected chi connectivity index (χ3v) is 2.26. The first-order chi connectivity index (χ1) is 7.41. The van der Waals surface area contributed by atoms with Gasteiger partial charge in [-0.05, 0) is 18.1 Å². The summed E-state index contributed by atoms with van der Waals surface area (Å²) in [6.07, 6.45) is -2.73. The molecule has 1 aromatic rings. The van der Waals surface area contributed by atoms with Crippen LogP contribution < -0.4 is 0 Å². The van der Waals surface area contributed by atoms with Gasteiger partial charge in [-0.15, -0.1) is 0 Å². The summed E-state index contributed by atoms with van der Waals surface area (Å²) in [5.74, 6) is -2.67. The first kappa shape index (κ1) is 12.5. The first-order valence-corrected chi connectivity index (χ1v) is 4.71. The van der Waals surface area contributed by atoms with Crippen molar-refractivity contribution in [3.8, 4) is 0 Å². The molecule has 0 amide bonds. The average Bonchev–Trinajstić information content (AvgIpc) is 2.16. The Morgan fingerprint density at radius 1 is 1.44 bits per heavy atom. The molecule has 0 fully saturated rings. The summed E-state index contributed by atoms with van der Waals surface area (Å²) in [5, 5.41) is 8.64. The van der Waals surface area contributed by atoms with E-state index >= 15 is 0 Å². The molecule has 2 nitrogen and oxygen atoms in total. The lowest BCUT2D eigenvalue weighted by molar-refractivity contribution is -0.141. The van der Waals surface area contributed by atoms with Crippen LogP contribution in [0.2, 0.25) is 0 Å². The van der Waals surface area contributed by atoms with Crippen molar-refractivity contribution in [2.45, 2.75) is 19.8 Å². The number of rotatable bonds is 4. The molecule has 0 radical (unpaired) electrons. The number of hydrogen-bond donors (Lipinski definition) is 1. The average molecular weight is 232 g/mol. The second kappa shape index (κ2) is 5.01. The summed E-state index contributed by atoms with van der Waals surface area (Å²) < 4.78 is 37.6. The van der Waals surface area contributed by atoms with Gasteiger partial charge >= 0.3 is 5.97 Å². The van der Waals surface area contributed by atoms with Crippen LogP contribution in [0.5, 0.6) is 0 Å². The van der Waals surface area contributed by atoms with Crippen LogP contribution >= 0.6 is 0 Å². The van der Waals surface area contributed by atoms with E-state index in [0.717, 1.165) is 12.1 Å². The Morgan fingerprint density at radius 3 is 2.50 bits per heavy atom. The van der Waals surface area contributed by atoms with Crippen molar-refractivity contribution in [1.29, 1.82) is 0 Å². The minimum atomic E-state index is -2.86. The standard InChI is InChI=1S/C11H11F3O2/c1-6(11(15)16)4-7-2-3-8(10(13)14)9(12)5-7/h2-3,5-6,10H,4H2,1H3,(H,15,16). The second-order valence-electron chi connectivity index (χ2n) is 3.60. The molecule has 0 bridgehead atoms. The highest BCUT2D eigenvalue weighted by atomic mass is 19.3. The minimum absolute atomic E-state index is 0.121. The Kier molecular flexibility index (Phi) is 3.93. The topological polar surface area (TPSA) is 37.3 Å². The molecule has 0 aliphatic rings. The quantitative estimate of drug-likeness (QED) is 0.866. The maximum atomic E-state index is 13.1. The number of hydrogen-bond acceptors (Lipinski definition) is 1. The van der Waals surface area contributed by atoms with Crippen molar-refractivity contribution in [3.05, 3.63) is 35.1 Å². The van der Waals surface area contributed by atoms with Gasteiger partial charge in [-0.25, -0.2) is 13.2 Å². The first-order valence-electron chi connectivity index (χ1n) is 4.71. The molecule has 1 rings (SSSR count). The Bertz CT molecular complexity index is 391. The molecule has 0 spiro atoms. The molecule has 0 saturated heterocycles. The molecular formula is C11H11F3O2. The van der Waals surface area contributed by atoms with Crippen LogP contribution in [-0.4, -0.2) is 11.1 Å². The Hall–Kier alpha value is -1.52. The van der Waals surface area contributed by atoms with Crippen molar-refractivity contribution in [2.75, 3.05) is 0 Å². The summed E-state index contributed by atoms with van der Waals surface area (Å²) in [4.78, 5) is 10.5.